The number of likely N-dealkylation sites (tertiary alicyclic amines) is 1. The molecular weight excluding hydrogens is 314 g/mol. The fraction of sp³-hybridized carbons (Fsp3) is 0.600. The summed E-state index contributed by atoms with van der Waals surface area (Å²) in [5.41, 5.74) is 2.01. The minimum absolute atomic E-state index is 0.0399. The lowest BCUT2D eigenvalue weighted by Gasteiger charge is -2.33. The second-order valence-corrected chi connectivity index (χ2v) is 7.09. The van der Waals surface area contributed by atoms with Gasteiger partial charge in [-0.2, -0.15) is 0 Å². The number of piperidine rings is 2. The van der Waals surface area contributed by atoms with Crippen LogP contribution in [0.5, 0.6) is 0 Å². The van der Waals surface area contributed by atoms with Crippen molar-refractivity contribution in [1.29, 1.82) is 0 Å². The Morgan fingerprint density at radius 1 is 1.08 bits per heavy atom. The number of carbonyl (C=O) groups is 2. The van der Waals surface area contributed by atoms with Crippen LogP contribution < -0.4 is 10.2 Å². The van der Waals surface area contributed by atoms with E-state index in [1.807, 2.05) is 30.0 Å². The van der Waals surface area contributed by atoms with E-state index < -0.39 is 0 Å². The van der Waals surface area contributed by atoms with Crippen LogP contribution in [0.25, 0.3) is 0 Å². The highest BCUT2D eigenvalue weighted by atomic mass is 16.2. The fourth-order valence-electron chi connectivity index (χ4n) is 3.87. The quantitative estimate of drug-likeness (QED) is 0.913. The molecule has 0 saturated carbocycles. The van der Waals surface area contributed by atoms with Crippen LogP contribution in [0.3, 0.4) is 0 Å². The second kappa shape index (κ2) is 8.37. The van der Waals surface area contributed by atoms with Gasteiger partial charge in [-0.3, -0.25) is 9.59 Å². The molecule has 2 aliphatic heterocycles. The first-order chi connectivity index (χ1) is 12.2. The smallest absolute Gasteiger partial charge is 0.229 e. The first-order valence-electron chi connectivity index (χ1n) is 9.61. The Balaban J connectivity index is 1.67. The maximum absolute atomic E-state index is 12.8. The van der Waals surface area contributed by atoms with Gasteiger partial charge in [-0.1, -0.05) is 19.1 Å². The van der Waals surface area contributed by atoms with Crippen LogP contribution in [0.2, 0.25) is 0 Å². The molecule has 1 aromatic carbocycles. The molecule has 1 aromatic rings. The van der Waals surface area contributed by atoms with Crippen molar-refractivity contribution in [3.05, 3.63) is 24.3 Å². The van der Waals surface area contributed by atoms with Crippen LogP contribution in [0.15, 0.2) is 24.3 Å². The van der Waals surface area contributed by atoms with Crippen molar-refractivity contribution >= 4 is 23.2 Å². The molecule has 2 amide bonds. The van der Waals surface area contributed by atoms with E-state index >= 15 is 0 Å². The van der Waals surface area contributed by atoms with Crippen LogP contribution in [0, 0.1) is 5.92 Å². The van der Waals surface area contributed by atoms with E-state index in [1.165, 1.54) is 19.3 Å². The lowest BCUT2D eigenvalue weighted by atomic mass is 9.96. The molecule has 1 unspecified atom stereocenters. The molecule has 1 N–H and O–H groups in total. The van der Waals surface area contributed by atoms with Gasteiger partial charge in [-0.05, 0) is 44.2 Å². The first kappa shape index (κ1) is 17.8. The van der Waals surface area contributed by atoms with Crippen molar-refractivity contribution in [3.63, 3.8) is 0 Å². The van der Waals surface area contributed by atoms with Gasteiger partial charge in [0, 0.05) is 32.6 Å². The van der Waals surface area contributed by atoms with Gasteiger partial charge >= 0.3 is 0 Å². The fourth-order valence-corrected chi connectivity index (χ4v) is 3.87. The van der Waals surface area contributed by atoms with Crippen molar-refractivity contribution in [2.45, 2.75) is 45.4 Å². The van der Waals surface area contributed by atoms with Crippen LogP contribution in [0.1, 0.15) is 45.4 Å². The molecule has 25 heavy (non-hydrogen) atoms. The summed E-state index contributed by atoms with van der Waals surface area (Å²) in [6, 6.07) is 8.08. The summed E-state index contributed by atoms with van der Waals surface area (Å²) in [6.07, 6.45) is 5.96. The molecule has 0 aliphatic carbocycles. The van der Waals surface area contributed by atoms with Crippen molar-refractivity contribution < 1.29 is 9.59 Å². The second-order valence-electron chi connectivity index (χ2n) is 7.09. The Bertz CT molecular complexity index is 611. The van der Waals surface area contributed by atoms with Gasteiger partial charge in [0.05, 0.1) is 17.3 Å². The molecule has 2 heterocycles. The van der Waals surface area contributed by atoms with Crippen LogP contribution >= 0.6 is 0 Å². The Morgan fingerprint density at radius 2 is 1.84 bits per heavy atom. The molecule has 0 spiro atoms. The average molecular weight is 343 g/mol. The molecule has 2 aliphatic rings. The standard InChI is InChI=1S/C20H29N3O2/c1-2-19(24)23-14-8-9-16(15-23)20(25)21-17-10-4-5-11-18(17)22-12-6-3-7-13-22/h4-5,10-11,16H,2-3,6-9,12-15H2,1H3,(H,21,25). The largest absolute Gasteiger partial charge is 0.370 e. The topological polar surface area (TPSA) is 52.7 Å². The number of nitrogens with one attached hydrogen (secondary N) is 1. The highest BCUT2D eigenvalue weighted by molar-refractivity contribution is 5.96. The highest BCUT2D eigenvalue weighted by Crippen LogP contribution is 2.29. The Labute approximate surface area is 150 Å². The van der Waals surface area contributed by atoms with E-state index in [0.29, 0.717) is 13.0 Å². The maximum Gasteiger partial charge on any atom is 0.229 e. The summed E-state index contributed by atoms with van der Waals surface area (Å²) >= 11 is 0. The average Bonchev–Trinajstić information content (AvgIpc) is 2.68. The monoisotopic (exact) mass is 343 g/mol. The molecule has 2 fully saturated rings. The van der Waals surface area contributed by atoms with Crippen LogP contribution in [-0.4, -0.2) is 42.9 Å². The molecular formula is C20H29N3O2. The number of para-hydroxylation sites is 2. The third-order valence-corrected chi connectivity index (χ3v) is 5.31. The number of amides is 2. The van der Waals surface area contributed by atoms with Gasteiger partial charge in [-0.15, -0.1) is 0 Å². The molecule has 136 valence electrons. The summed E-state index contributed by atoms with van der Waals surface area (Å²) in [4.78, 5) is 28.9. The molecule has 5 nitrogen and oxygen atoms in total. The predicted octanol–water partition coefficient (Wildman–Crippen LogP) is 3.26. The van der Waals surface area contributed by atoms with E-state index in [4.69, 9.17) is 0 Å². The molecule has 0 bridgehead atoms. The zero-order valence-corrected chi connectivity index (χ0v) is 15.2. The lowest BCUT2D eigenvalue weighted by molar-refractivity contribution is -0.134. The Morgan fingerprint density at radius 3 is 2.60 bits per heavy atom. The summed E-state index contributed by atoms with van der Waals surface area (Å²) in [7, 11) is 0. The van der Waals surface area contributed by atoms with Gasteiger partial charge in [0.1, 0.15) is 0 Å². The zero-order valence-electron chi connectivity index (χ0n) is 15.2. The normalized spacial score (nSPS) is 21.1. The van der Waals surface area contributed by atoms with Gasteiger partial charge in [0.2, 0.25) is 11.8 Å². The van der Waals surface area contributed by atoms with E-state index in [-0.39, 0.29) is 17.7 Å². The number of anilines is 2. The van der Waals surface area contributed by atoms with Gasteiger partial charge in [0.25, 0.3) is 0 Å². The Hall–Kier alpha value is -2.04. The summed E-state index contributed by atoms with van der Waals surface area (Å²) in [5, 5.41) is 3.14. The van der Waals surface area contributed by atoms with E-state index in [2.05, 4.69) is 16.3 Å². The number of hydrogen-bond acceptors (Lipinski definition) is 3. The molecule has 0 aromatic heterocycles. The first-order valence-corrected chi connectivity index (χ1v) is 9.61. The maximum atomic E-state index is 12.8. The zero-order chi connectivity index (χ0) is 17.6. The minimum Gasteiger partial charge on any atom is -0.370 e. The van der Waals surface area contributed by atoms with Crippen molar-refractivity contribution in [1.82, 2.24) is 4.90 Å². The Kier molecular flexibility index (Phi) is 5.95. The van der Waals surface area contributed by atoms with Crippen LogP contribution in [0.4, 0.5) is 11.4 Å². The lowest BCUT2D eigenvalue weighted by Crippen LogP contribution is -2.43. The summed E-state index contributed by atoms with van der Waals surface area (Å²) < 4.78 is 0. The molecule has 1 atom stereocenters. The number of rotatable bonds is 4. The number of nitrogens with zero attached hydrogens (tertiary/aromatic N) is 2. The SMILES string of the molecule is CCC(=O)N1CCCC(C(=O)Nc2ccccc2N2CCCCC2)C1. The summed E-state index contributed by atoms with van der Waals surface area (Å²) in [6.45, 7) is 5.30. The van der Waals surface area contributed by atoms with Gasteiger partial charge < -0.3 is 15.1 Å². The van der Waals surface area contributed by atoms with Gasteiger partial charge in [0.15, 0.2) is 0 Å². The van der Waals surface area contributed by atoms with Crippen molar-refractivity contribution in [2.75, 3.05) is 36.4 Å². The number of benzene rings is 1. The number of hydrogen-bond donors (Lipinski definition) is 1. The van der Waals surface area contributed by atoms with Crippen molar-refractivity contribution in [3.8, 4) is 0 Å². The molecule has 5 heteroatoms. The number of carbonyl (C=O) groups excluding carboxylic acids is 2. The molecule has 3 rings (SSSR count). The predicted molar refractivity (Wildman–Crippen MR) is 101 cm³/mol. The molecule has 0 radical (unpaired) electrons. The van der Waals surface area contributed by atoms with E-state index in [1.54, 1.807) is 0 Å². The summed E-state index contributed by atoms with van der Waals surface area (Å²) in [5.74, 6) is 0.0722. The van der Waals surface area contributed by atoms with Gasteiger partial charge in [-0.25, -0.2) is 0 Å². The minimum atomic E-state index is -0.112. The van der Waals surface area contributed by atoms with E-state index in [9.17, 15) is 9.59 Å². The third kappa shape index (κ3) is 4.33. The van der Waals surface area contributed by atoms with E-state index in [0.717, 1.165) is 43.9 Å². The van der Waals surface area contributed by atoms with Crippen molar-refractivity contribution in [2.24, 2.45) is 5.92 Å². The molecule has 2 saturated heterocycles. The third-order valence-electron chi connectivity index (χ3n) is 5.31. The highest BCUT2D eigenvalue weighted by Gasteiger charge is 2.28. The van der Waals surface area contributed by atoms with Crippen LogP contribution in [-0.2, 0) is 9.59 Å².